The Bertz CT molecular complexity index is 667. The van der Waals surface area contributed by atoms with E-state index < -0.39 is 5.97 Å². The van der Waals surface area contributed by atoms with E-state index in [9.17, 15) is 9.59 Å². The summed E-state index contributed by atoms with van der Waals surface area (Å²) in [7, 11) is 0. The normalized spacial score (nSPS) is 10.3. The van der Waals surface area contributed by atoms with Crippen molar-refractivity contribution in [3.8, 4) is 0 Å². The summed E-state index contributed by atoms with van der Waals surface area (Å²) < 4.78 is 8.61. The Balaban J connectivity index is 1.80. The Morgan fingerprint density at radius 2 is 2.00 bits per heavy atom. The minimum atomic E-state index is -0.581. The highest BCUT2D eigenvalue weighted by Crippen LogP contribution is 2.13. The van der Waals surface area contributed by atoms with Crippen molar-refractivity contribution in [2.24, 2.45) is 0 Å². The zero-order valence-corrected chi connectivity index (χ0v) is 14.0. The maximum absolute atomic E-state index is 11.8. The molecule has 0 unspecified atom stereocenters. The van der Waals surface area contributed by atoms with Crippen LogP contribution in [-0.4, -0.2) is 28.1 Å². The molecule has 1 amide bonds. The van der Waals surface area contributed by atoms with E-state index in [1.54, 1.807) is 6.92 Å². The number of benzene rings is 1. The van der Waals surface area contributed by atoms with Crippen molar-refractivity contribution in [2.75, 3.05) is 11.9 Å². The molecular weight excluding hydrogens is 314 g/mol. The molecular formula is C16H19N3O3S. The molecule has 2 rings (SSSR count). The zero-order valence-electron chi connectivity index (χ0n) is 13.2. The third kappa shape index (κ3) is 5.14. The standard InChI is InChI=1S/C16H19N3O3S/c1-3-4-5-12-6-8-13(9-7-12)17-14(20)10-22-16(21)15-11(2)18-19-23-15/h6-9H,3-5,10H2,1-2H3,(H,17,20). The van der Waals surface area contributed by atoms with Gasteiger partial charge in [-0.05, 0) is 49.0 Å². The van der Waals surface area contributed by atoms with Gasteiger partial charge in [-0.2, -0.15) is 0 Å². The fraction of sp³-hybridized carbons (Fsp3) is 0.375. The number of carbonyl (C=O) groups excluding carboxylic acids is 2. The molecule has 0 aliphatic carbocycles. The highest BCUT2D eigenvalue weighted by Gasteiger charge is 2.16. The van der Waals surface area contributed by atoms with E-state index in [1.165, 1.54) is 5.56 Å². The summed E-state index contributed by atoms with van der Waals surface area (Å²) in [4.78, 5) is 23.9. The minimum absolute atomic E-state index is 0.318. The molecule has 1 aromatic carbocycles. The predicted octanol–water partition coefficient (Wildman–Crippen LogP) is 2.98. The molecule has 1 aromatic heterocycles. The molecule has 2 aromatic rings. The number of aryl methyl sites for hydroxylation is 2. The van der Waals surface area contributed by atoms with Crippen molar-refractivity contribution >= 4 is 29.1 Å². The summed E-state index contributed by atoms with van der Waals surface area (Å²) in [5.41, 5.74) is 2.43. The number of unbranched alkanes of at least 4 members (excludes halogenated alkanes) is 1. The lowest BCUT2D eigenvalue weighted by atomic mass is 10.1. The topological polar surface area (TPSA) is 81.2 Å². The number of amides is 1. The monoisotopic (exact) mass is 333 g/mol. The number of nitrogens with zero attached hydrogens (tertiary/aromatic N) is 2. The second-order valence-electron chi connectivity index (χ2n) is 5.11. The third-order valence-electron chi connectivity index (χ3n) is 3.23. The van der Waals surface area contributed by atoms with Crippen LogP contribution in [0, 0.1) is 6.92 Å². The maximum atomic E-state index is 11.8. The lowest BCUT2D eigenvalue weighted by Crippen LogP contribution is -2.20. The number of carbonyl (C=O) groups is 2. The molecule has 0 atom stereocenters. The molecule has 0 fully saturated rings. The smallest absolute Gasteiger partial charge is 0.352 e. The zero-order chi connectivity index (χ0) is 16.7. The Morgan fingerprint density at radius 3 is 2.61 bits per heavy atom. The molecule has 0 bridgehead atoms. The van der Waals surface area contributed by atoms with E-state index in [2.05, 4.69) is 21.8 Å². The number of hydrogen-bond acceptors (Lipinski definition) is 6. The Hall–Kier alpha value is -2.28. The maximum Gasteiger partial charge on any atom is 0.352 e. The predicted molar refractivity (Wildman–Crippen MR) is 88.6 cm³/mol. The van der Waals surface area contributed by atoms with Crippen LogP contribution in [0.2, 0.25) is 0 Å². The fourth-order valence-electron chi connectivity index (χ4n) is 1.95. The molecule has 0 aliphatic rings. The van der Waals surface area contributed by atoms with E-state index in [0.717, 1.165) is 30.8 Å². The molecule has 0 aliphatic heterocycles. The summed E-state index contributed by atoms with van der Waals surface area (Å²) in [6.45, 7) is 3.48. The second-order valence-corrected chi connectivity index (χ2v) is 5.87. The highest BCUT2D eigenvalue weighted by molar-refractivity contribution is 7.07. The first-order chi connectivity index (χ1) is 11.1. The van der Waals surface area contributed by atoms with Crippen molar-refractivity contribution in [3.63, 3.8) is 0 Å². The Kier molecular flexibility index (Phi) is 6.22. The van der Waals surface area contributed by atoms with E-state index in [4.69, 9.17) is 4.74 Å². The van der Waals surface area contributed by atoms with Crippen molar-refractivity contribution in [3.05, 3.63) is 40.4 Å². The van der Waals surface area contributed by atoms with Gasteiger partial charge in [0.15, 0.2) is 11.5 Å². The molecule has 1 heterocycles. The summed E-state index contributed by atoms with van der Waals surface area (Å²) in [5, 5.41) is 6.43. The number of hydrogen-bond donors (Lipinski definition) is 1. The number of rotatable bonds is 7. The van der Waals surface area contributed by atoms with Crippen molar-refractivity contribution in [1.29, 1.82) is 0 Å². The first-order valence-electron chi connectivity index (χ1n) is 7.45. The van der Waals surface area contributed by atoms with Gasteiger partial charge >= 0.3 is 5.97 Å². The van der Waals surface area contributed by atoms with Crippen LogP contribution >= 0.6 is 11.5 Å². The van der Waals surface area contributed by atoms with Gasteiger partial charge in [0.25, 0.3) is 5.91 Å². The fourth-order valence-corrected chi connectivity index (χ4v) is 2.50. The average molecular weight is 333 g/mol. The van der Waals surface area contributed by atoms with Crippen molar-refractivity contribution in [1.82, 2.24) is 9.59 Å². The van der Waals surface area contributed by atoms with Crippen LogP contribution in [0.15, 0.2) is 24.3 Å². The first-order valence-corrected chi connectivity index (χ1v) is 8.22. The van der Waals surface area contributed by atoms with Gasteiger partial charge in [0.1, 0.15) is 0 Å². The lowest BCUT2D eigenvalue weighted by molar-refractivity contribution is -0.119. The summed E-state index contributed by atoms with van der Waals surface area (Å²) in [5.74, 6) is -0.961. The number of aromatic nitrogens is 2. The van der Waals surface area contributed by atoms with Gasteiger partial charge < -0.3 is 10.1 Å². The van der Waals surface area contributed by atoms with Gasteiger partial charge in [-0.3, -0.25) is 4.79 Å². The molecule has 0 saturated carbocycles. The van der Waals surface area contributed by atoms with Crippen LogP contribution in [0.5, 0.6) is 0 Å². The van der Waals surface area contributed by atoms with Gasteiger partial charge in [-0.25, -0.2) is 4.79 Å². The lowest BCUT2D eigenvalue weighted by Gasteiger charge is -2.07. The van der Waals surface area contributed by atoms with Crippen LogP contribution in [0.1, 0.15) is 40.7 Å². The van der Waals surface area contributed by atoms with Crippen molar-refractivity contribution in [2.45, 2.75) is 33.1 Å². The SMILES string of the molecule is CCCCc1ccc(NC(=O)COC(=O)c2snnc2C)cc1. The minimum Gasteiger partial charge on any atom is -0.451 e. The largest absolute Gasteiger partial charge is 0.451 e. The van der Waals surface area contributed by atoms with Crippen molar-refractivity contribution < 1.29 is 14.3 Å². The molecule has 0 saturated heterocycles. The molecule has 6 nitrogen and oxygen atoms in total. The van der Waals surface area contributed by atoms with E-state index >= 15 is 0 Å². The number of esters is 1. The van der Waals surface area contributed by atoms with Gasteiger partial charge in [-0.15, -0.1) is 5.10 Å². The van der Waals surface area contributed by atoms with E-state index in [-0.39, 0.29) is 12.5 Å². The van der Waals surface area contributed by atoms with Crippen LogP contribution in [0.3, 0.4) is 0 Å². The Morgan fingerprint density at radius 1 is 1.26 bits per heavy atom. The van der Waals surface area contributed by atoms with Gasteiger partial charge in [0.05, 0.1) is 5.69 Å². The van der Waals surface area contributed by atoms with Crippen LogP contribution in [0.25, 0.3) is 0 Å². The van der Waals surface area contributed by atoms with E-state index in [0.29, 0.717) is 16.3 Å². The molecule has 7 heteroatoms. The number of ether oxygens (including phenoxy) is 1. The molecule has 0 spiro atoms. The van der Waals surface area contributed by atoms with Gasteiger partial charge in [0.2, 0.25) is 0 Å². The molecule has 23 heavy (non-hydrogen) atoms. The quantitative estimate of drug-likeness (QED) is 0.788. The highest BCUT2D eigenvalue weighted by atomic mass is 32.1. The first kappa shape index (κ1) is 17.1. The van der Waals surface area contributed by atoms with Gasteiger partial charge in [0, 0.05) is 5.69 Å². The number of anilines is 1. The van der Waals surface area contributed by atoms with Gasteiger partial charge in [-0.1, -0.05) is 30.0 Å². The number of nitrogens with one attached hydrogen (secondary N) is 1. The second kappa shape index (κ2) is 8.38. The molecule has 122 valence electrons. The summed E-state index contributed by atoms with van der Waals surface area (Å²) in [6, 6.07) is 7.68. The van der Waals surface area contributed by atoms with Crippen LogP contribution < -0.4 is 5.32 Å². The van der Waals surface area contributed by atoms with Crippen LogP contribution in [-0.2, 0) is 16.0 Å². The Labute approximate surface area is 139 Å². The van der Waals surface area contributed by atoms with Crippen LogP contribution in [0.4, 0.5) is 5.69 Å². The third-order valence-corrected chi connectivity index (χ3v) is 4.04. The average Bonchev–Trinajstić information content (AvgIpc) is 2.98. The van der Waals surface area contributed by atoms with E-state index in [1.807, 2.05) is 24.3 Å². The summed E-state index contributed by atoms with van der Waals surface area (Å²) >= 11 is 0.954. The summed E-state index contributed by atoms with van der Waals surface area (Å²) in [6.07, 6.45) is 3.33. The molecule has 0 radical (unpaired) electrons. The molecule has 1 N–H and O–H groups in total.